The zero-order chi connectivity index (χ0) is 11.1. The molecule has 1 aliphatic rings. The molecule has 17 heavy (non-hydrogen) atoms. The van der Waals surface area contributed by atoms with Crippen LogP contribution >= 0.6 is 30.1 Å². The number of hydrogen-bond acceptors (Lipinski definition) is 1. The molecule has 2 rings (SSSR count). The Hall–Kier alpha value is 1.71. The minimum Gasteiger partial charge on any atom is -0.374 e. The summed E-state index contributed by atoms with van der Waals surface area (Å²) in [6.07, 6.45) is 2.76. The zero-order valence-electron chi connectivity index (χ0n) is 8.20. The fourth-order valence-electron chi connectivity index (χ4n) is 1.51. The fraction of sp³-hybridized carbons (Fsp3) is 0.400. The van der Waals surface area contributed by atoms with Gasteiger partial charge in [-0.25, -0.2) is 30.1 Å². The number of benzene rings is 1. The third-order valence-corrected chi connectivity index (χ3v) is 2.10. The molecule has 1 aromatic rings. The van der Waals surface area contributed by atoms with Crippen LogP contribution in [-0.4, -0.2) is 54.2 Å². The van der Waals surface area contributed by atoms with Gasteiger partial charge in [0.2, 0.25) is 0 Å². The van der Waals surface area contributed by atoms with Crippen molar-refractivity contribution in [2.75, 3.05) is 6.61 Å². The van der Waals surface area contributed by atoms with Gasteiger partial charge in [-0.3, -0.25) is 0 Å². The molecule has 0 aromatic heterocycles. The van der Waals surface area contributed by atoms with Gasteiger partial charge in [-0.05, 0) is 18.4 Å². The topological polar surface area (TPSA) is 9.23 Å². The summed E-state index contributed by atoms with van der Waals surface area (Å²) in [6, 6.07) is 10.4. The normalized spacial score (nSPS) is 17.0. The van der Waals surface area contributed by atoms with Gasteiger partial charge in [-0.1, -0.05) is 30.3 Å². The minimum atomic E-state index is -1.72. The molecular formula is C10H16Al2Cl3LiO. The quantitative estimate of drug-likeness (QED) is 0.722. The van der Waals surface area contributed by atoms with Gasteiger partial charge in [-0.15, -0.1) is 0 Å². The first-order valence-electron chi connectivity index (χ1n) is 4.79. The van der Waals surface area contributed by atoms with Crippen LogP contribution in [0.5, 0.6) is 0 Å². The van der Waals surface area contributed by atoms with Crippen LogP contribution < -0.4 is 0 Å². The monoisotopic (exact) mass is 318 g/mol. The summed E-state index contributed by atoms with van der Waals surface area (Å²) in [5.41, 5.74) is 1.32. The van der Waals surface area contributed by atoms with Crippen molar-refractivity contribution in [3.05, 3.63) is 35.9 Å². The van der Waals surface area contributed by atoms with E-state index in [0.717, 1.165) is 6.61 Å². The number of hydrogen-bond donors (Lipinski definition) is 0. The van der Waals surface area contributed by atoms with Crippen LogP contribution in [0.25, 0.3) is 0 Å². The molecule has 0 radical (unpaired) electrons. The first kappa shape index (κ1) is 21.0. The van der Waals surface area contributed by atoms with Crippen molar-refractivity contribution in [1.29, 1.82) is 0 Å². The third kappa shape index (κ3) is 10.2. The van der Waals surface area contributed by atoms with E-state index in [1.54, 1.807) is 0 Å². The van der Waals surface area contributed by atoms with Crippen molar-refractivity contribution >= 4 is 77.8 Å². The van der Waals surface area contributed by atoms with Crippen LogP contribution in [0, 0.1) is 0 Å². The summed E-state index contributed by atoms with van der Waals surface area (Å²) in [5, 5.41) is 0. The van der Waals surface area contributed by atoms with Gasteiger partial charge in [0.25, 0.3) is 0 Å². The molecule has 0 bridgehead atoms. The molecule has 90 valence electrons. The maximum Gasteiger partial charge on any atom is 0.0825 e. The second kappa shape index (κ2) is 12.7. The van der Waals surface area contributed by atoms with E-state index in [1.807, 2.05) is 6.07 Å². The molecular weight excluding hydrogens is 303 g/mol. The predicted octanol–water partition coefficient (Wildman–Crippen LogP) is 2.39. The Balaban J connectivity index is 0. The Bertz CT molecular complexity index is 269. The Morgan fingerprint density at radius 1 is 1.12 bits per heavy atom. The second-order valence-electron chi connectivity index (χ2n) is 3.16. The summed E-state index contributed by atoms with van der Waals surface area (Å²) in [4.78, 5) is 0. The molecule has 1 fully saturated rings. The van der Waals surface area contributed by atoms with E-state index < -0.39 is 11.4 Å². The van der Waals surface area contributed by atoms with Crippen LogP contribution in [0.4, 0.5) is 0 Å². The molecule has 0 N–H and O–H groups in total. The standard InChI is InChI=1S/C10H12O.2Al.3ClH.Li.4H/c1-2-5-9(6-3-1)10-7-4-8-11-10;;;;;;;;;;/h1-3,5-6,10H,4,7-8H2;;;3*1H;;;;;/q;;+3;;;;;;;;/p-3. The van der Waals surface area contributed by atoms with Crippen molar-refractivity contribution < 1.29 is 4.74 Å². The predicted molar refractivity (Wildman–Crippen MR) is 84.8 cm³/mol. The average molecular weight is 320 g/mol. The number of rotatable bonds is 1. The maximum atomic E-state index is 5.54. The van der Waals surface area contributed by atoms with Crippen LogP contribution in [0.1, 0.15) is 24.5 Å². The first-order chi connectivity index (χ1) is 7.20. The molecule has 1 aromatic carbocycles. The van der Waals surface area contributed by atoms with Gasteiger partial charge < -0.3 is 4.74 Å². The fourth-order valence-corrected chi connectivity index (χ4v) is 1.51. The third-order valence-electron chi connectivity index (χ3n) is 2.10. The largest absolute Gasteiger partial charge is 0.374 e. The molecule has 0 saturated carbocycles. The van der Waals surface area contributed by atoms with E-state index in [-0.39, 0.29) is 36.2 Å². The summed E-state index contributed by atoms with van der Waals surface area (Å²) >= 11 is -1.72. The SMILES string of the molecule is [AlH3].[Cl][Al]([Cl])[Cl].[LiH].c1ccc(C2CCCO2)cc1. The van der Waals surface area contributed by atoms with Crippen molar-refractivity contribution in [3.63, 3.8) is 0 Å². The molecule has 1 saturated heterocycles. The summed E-state index contributed by atoms with van der Waals surface area (Å²) in [5.74, 6) is 0. The molecule has 1 atom stereocenters. The van der Waals surface area contributed by atoms with Crippen molar-refractivity contribution in [2.45, 2.75) is 18.9 Å². The van der Waals surface area contributed by atoms with Gasteiger partial charge in [-0.2, -0.15) is 0 Å². The van der Waals surface area contributed by atoms with Crippen LogP contribution in [-0.2, 0) is 4.74 Å². The van der Waals surface area contributed by atoms with Crippen molar-refractivity contribution in [2.24, 2.45) is 0 Å². The summed E-state index contributed by atoms with van der Waals surface area (Å²) in [6.45, 7) is 0.930. The van der Waals surface area contributed by atoms with Gasteiger partial charge in [0, 0.05) is 6.61 Å². The maximum absolute atomic E-state index is 5.54. The number of halogens is 3. The zero-order valence-corrected chi connectivity index (χ0v) is 11.6. The average Bonchev–Trinajstić information content (AvgIpc) is 2.71. The van der Waals surface area contributed by atoms with E-state index >= 15 is 0 Å². The summed E-state index contributed by atoms with van der Waals surface area (Å²) < 4.78 is 5.54. The van der Waals surface area contributed by atoms with Crippen LogP contribution in [0.2, 0.25) is 0 Å². The molecule has 1 nitrogen and oxygen atoms in total. The van der Waals surface area contributed by atoms with E-state index in [1.165, 1.54) is 18.4 Å². The van der Waals surface area contributed by atoms with Crippen LogP contribution in [0.15, 0.2) is 30.3 Å². The first-order valence-corrected chi connectivity index (χ1v) is 10.0. The van der Waals surface area contributed by atoms with Gasteiger partial charge in [0.15, 0.2) is 17.4 Å². The van der Waals surface area contributed by atoms with Gasteiger partial charge in [0.05, 0.1) is 6.10 Å². The molecule has 1 aliphatic heterocycles. The second-order valence-corrected chi connectivity index (χ2v) is 9.59. The molecule has 0 amide bonds. The Morgan fingerprint density at radius 3 is 2.06 bits per heavy atom. The molecule has 1 heterocycles. The van der Waals surface area contributed by atoms with Crippen molar-refractivity contribution in [1.82, 2.24) is 0 Å². The molecule has 0 spiro atoms. The van der Waals surface area contributed by atoms with E-state index in [9.17, 15) is 0 Å². The van der Waals surface area contributed by atoms with E-state index in [0.29, 0.717) is 6.10 Å². The Kier molecular flexibility index (Phi) is 15.7. The summed E-state index contributed by atoms with van der Waals surface area (Å²) in [7, 11) is 14.8. The number of ether oxygens (including phenoxy) is 1. The Morgan fingerprint density at radius 2 is 1.65 bits per heavy atom. The molecule has 0 aliphatic carbocycles. The van der Waals surface area contributed by atoms with E-state index in [4.69, 9.17) is 34.9 Å². The van der Waals surface area contributed by atoms with E-state index in [2.05, 4.69) is 24.3 Å². The minimum absolute atomic E-state index is 0. The molecule has 1 unspecified atom stereocenters. The molecule has 7 heteroatoms. The smallest absolute Gasteiger partial charge is 0.0825 e. The van der Waals surface area contributed by atoms with Gasteiger partial charge >= 0.3 is 30.2 Å². The van der Waals surface area contributed by atoms with Crippen molar-refractivity contribution in [3.8, 4) is 0 Å². The Labute approximate surface area is 142 Å². The van der Waals surface area contributed by atoms with Gasteiger partial charge in [0.1, 0.15) is 0 Å². The van der Waals surface area contributed by atoms with Crippen LogP contribution in [0.3, 0.4) is 0 Å².